The van der Waals surface area contributed by atoms with E-state index in [1.54, 1.807) is 13.3 Å². The zero-order valence-corrected chi connectivity index (χ0v) is 18.4. The number of methoxy groups -OCH3 is 1. The summed E-state index contributed by atoms with van der Waals surface area (Å²) in [6.45, 7) is 7.86. The molecule has 1 aliphatic rings. The first-order chi connectivity index (χ1) is 15.1. The molecule has 164 valence electrons. The Kier molecular flexibility index (Phi) is 6.36. The number of urea groups is 1. The van der Waals surface area contributed by atoms with Crippen molar-refractivity contribution < 1.29 is 9.53 Å². The molecule has 2 amide bonds. The number of nitrogens with one attached hydrogen (secondary N) is 1. The maximum absolute atomic E-state index is 12.4. The number of ether oxygens (including phenoxy) is 1. The molecule has 1 aliphatic heterocycles. The van der Waals surface area contributed by atoms with E-state index in [1.807, 2.05) is 48.2 Å². The first kappa shape index (κ1) is 21.1. The van der Waals surface area contributed by atoms with Gasteiger partial charge >= 0.3 is 6.03 Å². The second kappa shape index (κ2) is 9.34. The molecular formula is C23H30N6O2. The standard InChI is InChI=1S/C23H30N6O2/c1-4-17(2)25-23(30)28-14-12-27(13-15-28)16-21-26-20-6-5-11-24-22(20)29(21)18-7-9-19(31-3)10-8-18/h5-11,17H,4,12-16H2,1-3H3,(H,25,30). The molecule has 3 aromatic rings. The second-order valence-electron chi connectivity index (χ2n) is 7.93. The van der Waals surface area contributed by atoms with Crippen molar-refractivity contribution in [1.82, 2.24) is 29.7 Å². The van der Waals surface area contributed by atoms with Crippen LogP contribution in [0.15, 0.2) is 42.6 Å². The molecule has 1 fully saturated rings. The molecule has 0 radical (unpaired) electrons. The van der Waals surface area contributed by atoms with Crippen molar-refractivity contribution in [2.45, 2.75) is 32.9 Å². The van der Waals surface area contributed by atoms with Gasteiger partial charge in [-0.25, -0.2) is 14.8 Å². The summed E-state index contributed by atoms with van der Waals surface area (Å²) in [7, 11) is 1.66. The fourth-order valence-electron chi connectivity index (χ4n) is 3.78. The summed E-state index contributed by atoms with van der Waals surface area (Å²) in [5.74, 6) is 1.76. The summed E-state index contributed by atoms with van der Waals surface area (Å²) in [4.78, 5) is 26.1. The summed E-state index contributed by atoms with van der Waals surface area (Å²) in [6, 6.07) is 12.1. The summed E-state index contributed by atoms with van der Waals surface area (Å²) in [5, 5.41) is 3.05. The number of nitrogens with zero attached hydrogens (tertiary/aromatic N) is 5. The number of fused-ring (bicyclic) bond motifs is 1. The smallest absolute Gasteiger partial charge is 0.317 e. The highest BCUT2D eigenvalue weighted by Crippen LogP contribution is 2.23. The van der Waals surface area contributed by atoms with Crippen LogP contribution in [0.3, 0.4) is 0 Å². The Morgan fingerprint density at radius 3 is 2.58 bits per heavy atom. The molecule has 0 spiro atoms. The summed E-state index contributed by atoms with van der Waals surface area (Å²) in [6.07, 6.45) is 2.73. The predicted molar refractivity (Wildman–Crippen MR) is 121 cm³/mol. The second-order valence-corrected chi connectivity index (χ2v) is 7.93. The van der Waals surface area contributed by atoms with Gasteiger partial charge in [-0.15, -0.1) is 0 Å². The van der Waals surface area contributed by atoms with Crippen LogP contribution in [0.5, 0.6) is 5.75 Å². The molecule has 0 bridgehead atoms. The van der Waals surface area contributed by atoms with Crippen molar-refractivity contribution in [3.05, 3.63) is 48.4 Å². The summed E-state index contributed by atoms with van der Waals surface area (Å²) >= 11 is 0. The predicted octanol–water partition coefficient (Wildman–Crippen LogP) is 3.05. The Balaban J connectivity index is 1.51. The molecule has 0 saturated carbocycles. The van der Waals surface area contributed by atoms with Crippen LogP contribution < -0.4 is 10.1 Å². The normalized spacial score (nSPS) is 15.8. The number of imidazole rings is 1. The minimum Gasteiger partial charge on any atom is -0.497 e. The van der Waals surface area contributed by atoms with Gasteiger partial charge in [0.1, 0.15) is 17.1 Å². The van der Waals surface area contributed by atoms with Gasteiger partial charge in [0, 0.05) is 44.1 Å². The number of aromatic nitrogens is 3. The lowest BCUT2D eigenvalue weighted by Crippen LogP contribution is -2.52. The van der Waals surface area contributed by atoms with Crippen molar-refractivity contribution in [1.29, 1.82) is 0 Å². The molecular weight excluding hydrogens is 392 g/mol. The largest absolute Gasteiger partial charge is 0.497 e. The average Bonchev–Trinajstić information content (AvgIpc) is 3.17. The van der Waals surface area contributed by atoms with Crippen LogP contribution in [0.2, 0.25) is 0 Å². The molecule has 1 saturated heterocycles. The molecule has 1 N–H and O–H groups in total. The van der Waals surface area contributed by atoms with Crippen LogP contribution in [0.25, 0.3) is 16.9 Å². The Morgan fingerprint density at radius 2 is 1.90 bits per heavy atom. The highest BCUT2D eigenvalue weighted by atomic mass is 16.5. The molecule has 1 aromatic carbocycles. The third kappa shape index (κ3) is 4.64. The van der Waals surface area contributed by atoms with Crippen LogP contribution in [0, 0.1) is 0 Å². The fraction of sp³-hybridized carbons (Fsp3) is 0.435. The van der Waals surface area contributed by atoms with Crippen LogP contribution in [-0.2, 0) is 6.54 Å². The van der Waals surface area contributed by atoms with Crippen molar-refractivity contribution in [2.24, 2.45) is 0 Å². The van der Waals surface area contributed by atoms with Gasteiger partial charge < -0.3 is 15.0 Å². The third-order valence-corrected chi connectivity index (χ3v) is 5.82. The number of hydrogen-bond donors (Lipinski definition) is 1. The van der Waals surface area contributed by atoms with Crippen molar-refractivity contribution >= 4 is 17.2 Å². The molecule has 1 atom stereocenters. The highest BCUT2D eigenvalue weighted by Gasteiger charge is 2.24. The Hall–Kier alpha value is -3.13. The number of amides is 2. The van der Waals surface area contributed by atoms with E-state index in [9.17, 15) is 4.79 Å². The number of hydrogen-bond acceptors (Lipinski definition) is 5. The third-order valence-electron chi connectivity index (χ3n) is 5.82. The molecule has 2 aromatic heterocycles. The van der Waals surface area contributed by atoms with Crippen LogP contribution in [0.4, 0.5) is 4.79 Å². The molecule has 3 heterocycles. The van der Waals surface area contributed by atoms with Crippen LogP contribution in [0.1, 0.15) is 26.1 Å². The maximum Gasteiger partial charge on any atom is 0.317 e. The number of carbonyl (C=O) groups excluding carboxylic acids is 1. The molecule has 4 rings (SSSR count). The van der Waals surface area contributed by atoms with E-state index in [2.05, 4.69) is 26.7 Å². The van der Waals surface area contributed by atoms with Crippen LogP contribution in [-0.4, -0.2) is 69.7 Å². The number of piperazine rings is 1. The first-order valence-electron chi connectivity index (χ1n) is 10.8. The highest BCUT2D eigenvalue weighted by molar-refractivity contribution is 5.75. The summed E-state index contributed by atoms with van der Waals surface area (Å²) in [5.41, 5.74) is 2.72. The van der Waals surface area contributed by atoms with E-state index >= 15 is 0 Å². The van der Waals surface area contributed by atoms with E-state index in [-0.39, 0.29) is 12.1 Å². The van der Waals surface area contributed by atoms with Gasteiger partial charge in [0.05, 0.1) is 13.7 Å². The topological polar surface area (TPSA) is 75.5 Å². The van der Waals surface area contributed by atoms with Gasteiger partial charge in [-0.05, 0) is 49.7 Å². The van der Waals surface area contributed by atoms with E-state index in [1.165, 1.54) is 0 Å². The maximum atomic E-state index is 12.4. The minimum absolute atomic E-state index is 0.0312. The van der Waals surface area contributed by atoms with Gasteiger partial charge in [-0.1, -0.05) is 6.92 Å². The molecule has 8 heteroatoms. The molecule has 0 aliphatic carbocycles. The Bertz CT molecular complexity index is 1020. The van der Waals surface area contributed by atoms with Gasteiger partial charge in [-0.3, -0.25) is 9.47 Å². The van der Waals surface area contributed by atoms with Crippen molar-refractivity contribution in [3.63, 3.8) is 0 Å². The van der Waals surface area contributed by atoms with Gasteiger partial charge in [-0.2, -0.15) is 0 Å². The van der Waals surface area contributed by atoms with E-state index < -0.39 is 0 Å². The fourth-order valence-corrected chi connectivity index (χ4v) is 3.78. The van der Waals surface area contributed by atoms with E-state index in [4.69, 9.17) is 9.72 Å². The van der Waals surface area contributed by atoms with Gasteiger partial charge in [0.2, 0.25) is 0 Å². The number of carbonyl (C=O) groups is 1. The van der Waals surface area contributed by atoms with Crippen LogP contribution >= 0.6 is 0 Å². The average molecular weight is 423 g/mol. The number of benzene rings is 1. The van der Waals surface area contributed by atoms with E-state index in [0.29, 0.717) is 19.6 Å². The van der Waals surface area contributed by atoms with Gasteiger partial charge in [0.15, 0.2) is 5.65 Å². The molecule has 8 nitrogen and oxygen atoms in total. The van der Waals surface area contributed by atoms with Crippen molar-refractivity contribution in [3.8, 4) is 11.4 Å². The van der Waals surface area contributed by atoms with Crippen molar-refractivity contribution in [2.75, 3.05) is 33.3 Å². The Labute approximate surface area is 182 Å². The lowest BCUT2D eigenvalue weighted by Gasteiger charge is -2.35. The SMILES string of the molecule is CCC(C)NC(=O)N1CCN(Cc2nc3cccnc3n2-c2ccc(OC)cc2)CC1. The zero-order chi connectivity index (χ0) is 21.8. The first-order valence-corrected chi connectivity index (χ1v) is 10.8. The Morgan fingerprint density at radius 1 is 1.16 bits per heavy atom. The lowest BCUT2D eigenvalue weighted by atomic mass is 10.2. The quantitative estimate of drug-likeness (QED) is 0.661. The lowest BCUT2D eigenvalue weighted by molar-refractivity contribution is 0.131. The zero-order valence-electron chi connectivity index (χ0n) is 18.4. The monoisotopic (exact) mass is 422 g/mol. The summed E-state index contributed by atoms with van der Waals surface area (Å²) < 4.78 is 7.41. The number of pyridine rings is 1. The number of rotatable bonds is 6. The van der Waals surface area contributed by atoms with Gasteiger partial charge in [0.25, 0.3) is 0 Å². The minimum atomic E-state index is 0.0312. The molecule has 31 heavy (non-hydrogen) atoms. The molecule has 1 unspecified atom stereocenters. The van der Waals surface area contributed by atoms with E-state index in [0.717, 1.165) is 47.9 Å².